The van der Waals surface area contributed by atoms with E-state index in [1.54, 1.807) is 48.5 Å². The Morgan fingerprint density at radius 2 is 1.32 bits per heavy atom. The van der Waals surface area contributed by atoms with Gasteiger partial charge in [-0.1, -0.05) is 55.6 Å². The van der Waals surface area contributed by atoms with Crippen LogP contribution in [0.2, 0.25) is 15.1 Å². The zero-order valence-electron chi connectivity index (χ0n) is 21.7. The van der Waals surface area contributed by atoms with Crippen LogP contribution in [0.15, 0.2) is 60.7 Å². The summed E-state index contributed by atoms with van der Waals surface area (Å²) in [6, 6.07) is 16.2. The highest BCUT2D eigenvalue weighted by molar-refractivity contribution is 6.53. The van der Waals surface area contributed by atoms with Gasteiger partial charge in [0, 0.05) is 39.4 Å². The van der Waals surface area contributed by atoms with E-state index in [1.807, 2.05) is 20.8 Å². The molecule has 3 aromatic carbocycles. The van der Waals surface area contributed by atoms with Gasteiger partial charge < -0.3 is 16.0 Å². The molecule has 1 fully saturated rings. The first-order valence-corrected chi connectivity index (χ1v) is 14.2. The number of nitrogens with one attached hydrogen (secondary N) is 3. The Morgan fingerprint density at radius 1 is 0.775 bits per heavy atom. The van der Waals surface area contributed by atoms with Crippen LogP contribution in [-0.2, 0) is 9.59 Å². The third-order valence-corrected chi connectivity index (χ3v) is 7.88. The zero-order chi connectivity index (χ0) is 29.4. The summed E-state index contributed by atoms with van der Waals surface area (Å²) in [7, 11) is 0. The monoisotopic (exact) mass is 639 g/mol. The number of benzene rings is 3. The first-order chi connectivity index (χ1) is 18.6. The molecule has 3 amide bonds. The fourth-order valence-corrected chi connectivity index (χ4v) is 5.92. The second-order valence-electron chi connectivity index (χ2n) is 10.8. The third-order valence-electron chi connectivity index (χ3n) is 6.18. The molecule has 0 unspecified atom stereocenters. The molecule has 3 N–H and O–H groups in total. The van der Waals surface area contributed by atoms with Gasteiger partial charge in [-0.2, -0.15) is 0 Å². The SMILES string of the molecule is CC(C)(C)CC(=O)Nc1ccc(NC(=O)c2cc(NC(=O)[C@H]3[C@H](c4cc(Cl)cc(Cl)c4)C3(Cl)Cl)ccc2Cl)cc1. The normalized spacial score (nSPS) is 17.6. The maximum absolute atomic E-state index is 13.1. The summed E-state index contributed by atoms with van der Waals surface area (Å²) >= 11 is 31.4. The van der Waals surface area contributed by atoms with Crippen molar-refractivity contribution in [2.45, 2.75) is 37.4 Å². The molecule has 0 aliphatic heterocycles. The first kappa shape index (κ1) is 30.5. The Morgan fingerprint density at radius 3 is 1.90 bits per heavy atom. The van der Waals surface area contributed by atoms with Crippen molar-refractivity contribution in [2.75, 3.05) is 16.0 Å². The van der Waals surface area contributed by atoms with Crippen LogP contribution in [0, 0.1) is 11.3 Å². The number of alkyl halides is 2. The highest BCUT2D eigenvalue weighted by Crippen LogP contribution is 2.65. The van der Waals surface area contributed by atoms with Gasteiger partial charge in [-0.3, -0.25) is 14.4 Å². The number of amides is 3. The zero-order valence-corrected chi connectivity index (χ0v) is 25.5. The topological polar surface area (TPSA) is 87.3 Å². The van der Waals surface area contributed by atoms with Crippen LogP contribution in [0.4, 0.5) is 17.1 Å². The molecular weight excluding hydrogens is 616 g/mol. The molecule has 1 aliphatic carbocycles. The number of hydrogen-bond donors (Lipinski definition) is 3. The van der Waals surface area contributed by atoms with Gasteiger partial charge in [0.05, 0.1) is 16.5 Å². The van der Waals surface area contributed by atoms with E-state index in [0.29, 0.717) is 39.1 Å². The Hall–Kier alpha value is -2.48. The van der Waals surface area contributed by atoms with E-state index >= 15 is 0 Å². The Kier molecular flexibility index (Phi) is 8.98. The highest BCUT2D eigenvalue weighted by Gasteiger charge is 2.67. The van der Waals surface area contributed by atoms with Crippen molar-refractivity contribution in [3.8, 4) is 0 Å². The van der Waals surface area contributed by atoms with Crippen LogP contribution in [0.5, 0.6) is 0 Å². The molecule has 4 rings (SSSR count). The number of carbonyl (C=O) groups excluding carboxylic acids is 3. The van der Waals surface area contributed by atoms with Crippen molar-refractivity contribution in [2.24, 2.45) is 11.3 Å². The van der Waals surface area contributed by atoms with E-state index in [0.717, 1.165) is 0 Å². The Labute approximate surface area is 257 Å². The van der Waals surface area contributed by atoms with E-state index in [-0.39, 0.29) is 21.9 Å². The summed E-state index contributed by atoms with van der Waals surface area (Å²) in [5.74, 6) is -2.27. The first-order valence-electron chi connectivity index (χ1n) is 12.3. The van der Waals surface area contributed by atoms with Gasteiger partial charge in [0.15, 0.2) is 0 Å². The minimum Gasteiger partial charge on any atom is -0.326 e. The number of anilines is 3. The smallest absolute Gasteiger partial charge is 0.257 e. The van der Waals surface area contributed by atoms with Crippen molar-refractivity contribution < 1.29 is 14.4 Å². The molecular formula is C29H26Cl5N3O3. The average molecular weight is 642 g/mol. The molecule has 11 heteroatoms. The van der Waals surface area contributed by atoms with Crippen molar-refractivity contribution in [1.29, 1.82) is 0 Å². The molecule has 0 saturated heterocycles. The highest BCUT2D eigenvalue weighted by atomic mass is 35.5. The molecule has 0 spiro atoms. The van der Waals surface area contributed by atoms with Gasteiger partial charge >= 0.3 is 0 Å². The maximum atomic E-state index is 13.1. The van der Waals surface area contributed by atoms with Gasteiger partial charge in [-0.25, -0.2) is 0 Å². The third kappa shape index (κ3) is 7.42. The minimum absolute atomic E-state index is 0.0932. The predicted molar refractivity (Wildman–Crippen MR) is 164 cm³/mol. The summed E-state index contributed by atoms with van der Waals surface area (Å²) in [6.07, 6.45) is 0.379. The number of halogens is 5. The molecule has 6 nitrogen and oxygen atoms in total. The second kappa shape index (κ2) is 11.8. The summed E-state index contributed by atoms with van der Waals surface area (Å²) in [6.45, 7) is 5.96. The molecule has 2 atom stereocenters. The van der Waals surface area contributed by atoms with Crippen LogP contribution >= 0.6 is 58.0 Å². The summed E-state index contributed by atoms with van der Waals surface area (Å²) in [5.41, 5.74) is 2.13. The molecule has 210 valence electrons. The molecule has 0 aromatic heterocycles. The van der Waals surface area contributed by atoms with Crippen molar-refractivity contribution in [3.05, 3.63) is 86.9 Å². The largest absolute Gasteiger partial charge is 0.326 e. The van der Waals surface area contributed by atoms with Gasteiger partial charge in [-0.05, 0) is 71.6 Å². The number of hydrogen-bond acceptors (Lipinski definition) is 3. The standard InChI is InChI=1S/C29H26Cl5N3O3/c1-28(2,3)14-23(38)35-18-4-6-19(7-5-18)36-26(39)21-13-20(8-9-22(21)32)37-27(40)25-24(29(25,33)34)15-10-16(30)12-17(31)11-15/h4-13,24-25H,14H2,1-3H3,(H,35,38)(H,36,39)(H,37,40)/t24-,25+/m0/s1. The lowest BCUT2D eigenvalue weighted by atomic mass is 9.92. The van der Waals surface area contributed by atoms with E-state index in [9.17, 15) is 14.4 Å². The van der Waals surface area contributed by atoms with Gasteiger partial charge in [-0.15, -0.1) is 23.2 Å². The van der Waals surface area contributed by atoms with Gasteiger partial charge in [0.2, 0.25) is 11.8 Å². The summed E-state index contributed by atoms with van der Waals surface area (Å²) in [4.78, 5) is 38.2. The lowest BCUT2D eigenvalue weighted by Crippen LogP contribution is -2.19. The molecule has 0 bridgehead atoms. The molecule has 1 aliphatic rings. The molecule has 40 heavy (non-hydrogen) atoms. The van der Waals surface area contributed by atoms with Gasteiger partial charge in [0.25, 0.3) is 5.91 Å². The Balaban J connectivity index is 1.41. The number of carbonyl (C=O) groups is 3. The van der Waals surface area contributed by atoms with Crippen molar-refractivity contribution >= 4 is 92.8 Å². The van der Waals surface area contributed by atoms with Crippen LogP contribution in [0.1, 0.15) is 49.0 Å². The maximum Gasteiger partial charge on any atom is 0.257 e. The predicted octanol–water partition coefficient (Wildman–Crippen LogP) is 8.80. The van der Waals surface area contributed by atoms with Crippen molar-refractivity contribution in [1.82, 2.24) is 0 Å². The molecule has 3 aromatic rings. The van der Waals surface area contributed by atoms with E-state index in [4.69, 9.17) is 58.0 Å². The van der Waals surface area contributed by atoms with Crippen LogP contribution in [-0.4, -0.2) is 22.1 Å². The quantitative estimate of drug-likeness (QED) is 0.225. The molecule has 1 saturated carbocycles. The fraction of sp³-hybridized carbons (Fsp3) is 0.276. The van der Waals surface area contributed by atoms with E-state index in [2.05, 4.69) is 16.0 Å². The number of rotatable bonds is 7. The van der Waals surface area contributed by atoms with Gasteiger partial charge in [0.1, 0.15) is 4.33 Å². The van der Waals surface area contributed by atoms with Crippen molar-refractivity contribution in [3.63, 3.8) is 0 Å². The minimum atomic E-state index is -1.34. The van der Waals surface area contributed by atoms with Crippen LogP contribution in [0.25, 0.3) is 0 Å². The summed E-state index contributed by atoms with van der Waals surface area (Å²) < 4.78 is -1.34. The summed E-state index contributed by atoms with van der Waals surface area (Å²) in [5, 5.41) is 9.39. The Bertz CT molecular complexity index is 1450. The molecule has 0 heterocycles. The molecule has 0 radical (unpaired) electrons. The average Bonchev–Trinajstić information content (AvgIpc) is 3.41. The lowest BCUT2D eigenvalue weighted by Gasteiger charge is -2.17. The van der Waals surface area contributed by atoms with Crippen LogP contribution in [0.3, 0.4) is 0 Å². The van der Waals surface area contributed by atoms with E-state index in [1.165, 1.54) is 12.1 Å². The lowest BCUT2D eigenvalue weighted by molar-refractivity contribution is -0.118. The second-order valence-corrected chi connectivity index (χ2v) is 13.6. The van der Waals surface area contributed by atoms with E-state index < -0.39 is 28.0 Å². The fourth-order valence-electron chi connectivity index (χ4n) is 4.34. The van der Waals surface area contributed by atoms with Crippen LogP contribution < -0.4 is 16.0 Å².